The fourth-order valence-corrected chi connectivity index (χ4v) is 1.66. The SMILES string of the molecule is CC(N)CC(=O)NC(C)c1cccc(OC(F)(F)F)c1. The van der Waals surface area contributed by atoms with Gasteiger partial charge in [-0.15, -0.1) is 13.2 Å². The van der Waals surface area contributed by atoms with Crippen LogP contribution >= 0.6 is 0 Å². The Morgan fingerprint density at radius 2 is 2.05 bits per heavy atom. The summed E-state index contributed by atoms with van der Waals surface area (Å²) in [5.41, 5.74) is 6.01. The van der Waals surface area contributed by atoms with Gasteiger partial charge in [0.2, 0.25) is 5.91 Å². The van der Waals surface area contributed by atoms with E-state index in [0.29, 0.717) is 5.56 Å². The zero-order valence-electron chi connectivity index (χ0n) is 11.2. The summed E-state index contributed by atoms with van der Waals surface area (Å²) in [7, 11) is 0. The molecule has 0 heterocycles. The molecule has 2 unspecified atom stereocenters. The van der Waals surface area contributed by atoms with Gasteiger partial charge in [-0.05, 0) is 31.5 Å². The number of nitrogens with two attached hydrogens (primary N) is 1. The summed E-state index contributed by atoms with van der Waals surface area (Å²) in [5.74, 6) is -0.571. The lowest BCUT2D eigenvalue weighted by Gasteiger charge is -2.16. The number of carbonyl (C=O) groups excluding carboxylic acids is 1. The fraction of sp³-hybridized carbons (Fsp3) is 0.462. The summed E-state index contributed by atoms with van der Waals surface area (Å²) in [5, 5.41) is 2.66. The lowest BCUT2D eigenvalue weighted by Crippen LogP contribution is -2.31. The van der Waals surface area contributed by atoms with Gasteiger partial charge < -0.3 is 15.8 Å². The zero-order valence-corrected chi connectivity index (χ0v) is 11.2. The minimum absolute atomic E-state index is 0.156. The van der Waals surface area contributed by atoms with Gasteiger partial charge in [0.25, 0.3) is 0 Å². The van der Waals surface area contributed by atoms with Crippen LogP contribution in [0.1, 0.15) is 31.9 Å². The molecule has 112 valence electrons. The Morgan fingerprint density at radius 3 is 2.60 bits per heavy atom. The predicted molar refractivity (Wildman–Crippen MR) is 67.9 cm³/mol. The van der Waals surface area contributed by atoms with Crippen molar-refractivity contribution in [2.75, 3.05) is 0 Å². The summed E-state index contributed by atoms with van der Waals surface area (Å²) in [6.45, 7) is 3.37. The Kier molecular flexibility index (Phi) is 5.38. The van der Waals surface area contributed by atoms with E-state index in [9.17, 15) is 18.0 Å². The average Bonchev–Trinajstić information content (AvgIpc) is 2.25. The first kappa shape index (κ1) is 16.3. The third-order valence-electron chi connectivity index (χ3n) is 2.48. The van der Waals surface area contributed by atoms with Gasteiger partial charge in [0, 0.05) is 12.5 Å². The lowest BCUT2D eigenvalue weighted by molar-refractivity contribution is -0.274. The Bertz CT molecular complexity index is 461. The van der Waals surface area contributed by atoms with Crippen molar-refractivity contribution in [2.45, 2.75) is 38.7 Å². The minimum atomic E-state index is -4.74. The summed E-state index contributed by atoms with van der Waals surface area (Å²) >= 11 is 0. The van der Waals surface area contributed by atoms with Crippen molar-refractivity contribution in [1.29, 1.82) is 0 Å². The van der Waals surface area contributed by atoms with Crippen molar-refractivity contribution in [2.24, 2.45) is 5.73 Å². The molecule has 0 spiro atoms. The number of ether oxygens (including phenoxy) is 1. The summed E-state index contributed by atoms with van der Waals surface area (Å²) in [6.07, 6.45) is -4.58. The highest BCUT2D eigenvalue weighted by Gasteiger charge is 2.31. The molecule has 0 saturated heterocycles. The highest BCUT2D eigenvalue weighted by molar-refractivity contribution is 5.77. The Balaban J connectivity index is 2.71. The fourth-order valence-electron chi connectivity index (χ4n) is 1.66. The van der Waals surface area contributed by atoms with E-state index in [0.717, 1.165) is 0 Å². The van der Waals surface area contributed by atoms with E-state index in [1.165, 1.54) is 18.2 Å². The molecule has 0 fully saturated rings. The second kappa shape index (κ2) is 6.60. The monoisotopic (exact) mass is 290 g/mol. The molecule has 1 aromatic rings. The largest absolute Gasteiger partial charge is 0.573 e. The second-order valence-electron chi connectivity index (χ2n) is 4.59. The van der Waals surface area contributed by atoms with Gasteiger partial charge in [-0.25, -0.2) is 0 Å². The van der Waals surface area contributed by atoms with Gasteiger partial charge in [0.1, 0.15) is 5.75 Å². The van der Waals surface area contributed by atoms with Crippen molar-refractivity contribution in [3.8, 4) is 5.75 Å². The highest BCUT2D eigenvalue weighted by Crippen LogP contribution is 2.25. The normalized spacial score (nSPS) is 14.5. The quantitative estimate of drug-likeness (QED) is 0.875. The molecular formula is C13H17F3N2O2. The number of carbonyl (C=O) groups is 1. The molecule has 1 amide bonds. The van der Waals surface area contributed by atoms with Crippen LogP contribution in [-0.2, 0) is 4.79 Å². The molecular weight excluding hydrogens is 273 g/mol. The van der Waals surface area contributed by atoms with Gasteiger partial charge >= 0.3 is 6.36 Å². The van der Waals surface area contributed by atoms with Crippen molar-refractivity contribution in [3.63, 3.8) is 0 Å². The predicted octanol–water partition coefficient (Wildman–Crippen LogP) is 2.50. The Morgan fingerprint density at radius 1 is 1.40 bits per heavy atom. The topological polar surface area (TPSA) is 64.4 Å². The number of hydrogen-bond acceptors (Lipinski definition) is 3. The summed E-state index contributed by atoms with van der Waals surface area (Å²) < 4.78 is 40.2. The average molecular weight is 290 g/mol. The summed E-state index contributed by atoms with van der Waals surface area (Å²) in [4.78, 5) is 11.5. The number of nitrogens with one attached hydrogen (secondary N) is 1. The van der Waals surface area contributed by atoms with Crippen molar-refractivity contribution < 1.29 is 22.7 Å². The number of benzene rings is 1. The molecule has 4 nitrogen and oxygen atoms in total. The van der Waals surface area contributed by atoms with Crippen LogP contribution in [-0.4, -0.2) is 18.3 Å². The summed E-state index contributed by atoms with van der Waals surface area (Å²) in [6, 6.07) is 4.78. The van der Waals surface area contributed by atoms with Gasteiger partial charge in [0.15, 0.2) is 0 Å². The van der Waals surface area contributed by atoms with E-state index < -0.39 is 12.4 Å². The molecule has 0 saturated carbocycles. The lowest BCUT2D eigenvalue weighted by atomic mass is 10.1. The number of amides is 1. The van der Waals surface area contributed by atoms with Crippen LogP contribution in [0.25, 0.3) is 0 Å². The zero-order chi connectivity index (χ0) is 15.3. The maximum atomic E-state index is 12.1. The molecule has 20 heavy (non-hydrogen) atoms. The molecule has 0 aliphatic carbocycles. The van der Waals surface area contributed by atoms with Gasteiger partial charge in [0.05, 0.1) is 6.04 Å². The van der Waals surface area contributed by atoms with E-state index in [1.807, 2.05) is 0 Å². The van der Waals surface area contributed by atoms with Crippen LogP contribution in [0.15, 0.2) is 24.3 Å². The first-order chi connectivity index (χ1) is 9.17. The molecule has 2 atom stereocenters. The molecule has 0 aliphatic rings. The highest BCUT2D eigenvalue weighted by atomic mass is 19.4. The second-order valence-corrected chi connectivity index (χ2v) is 4.59. The maximum absolute atomic E-state index is 12.1. The number of rotatable bonds is 5. The molecule has 0 aromatic heterocycles. The third kappa shape index (κ3) is 5.92. The van der Waals surface area contributed by atoms with Gasteiger partial charge in [-0.1, -0.05) is 12.1 Å². The maximum Gasteiger partial charge on any atom is 0.573 e. The Hall–Kier alpha value is -1.76. The molecule has 0 aliphatic heterocycles. The van der Waals surface area contributed by atoms with Crippen molar-refractivity contribution in [1.82, 2.24) is 5.32 Å². The van der Waals surface area contributed by atoms with Crippen LogP contribution in [0.3, 0.4) is 0 Å². The number of halogens is 3. The molecule has 1 rings (SSSR count). The molecule has 7 heteroatoms. The van der Waals surface area contributed by atoms with Crippen LogP contribution < -0.4 is 15.8 Å². The standard InChI is InChI=1S/C13H17F3N2O2/c1-8(17)6-12(19)18-9(2)10-4-3-5-11(7-10)20-13(14,15)16/h3-5,7-9H,6,17H2,1-2H3,(H,18,19). The van der Waals surface area contributed by atoms with Crippen LogP contribution in [0, 0.1) is 0 Å². The van der Waals surface area contributed by atoms with E-state index >= 15 is 0 Å². The van der Waals surface area contributed by atoms with E-state index in [-0.39, 0.29) is 24.1 Å². The van der Waals surface area contributed by atoms with Gasteiger partial charge in [-0.3, -0.25) is 4.79 Å². The first-order valence-corrected chi connectivity index (χ1v) is 6.08. The van der Waals surface area contributed by atoms with E-state index in [1.54, 1.807) is 19.9 Å². The number of hydrogen-bond donors (Lipinski definition) is 2. The van der Waals surface area contributed by atoms with Crippen LogP contribution in [0.5, 0.6) is 5.75 Å². The van der Waals surface area contributed by atoms with Crippen molar-refractivity contribution in [3.05, 3.63) is 29.8 Å². The van der Waals surface area contributed by atoms with Gasteiger partial charge in [-0.2, -0.15) is 0 Å². The first-order valence-electron chi connectivity index (χ1n) is 6.08. The smallest absolute Gasteiger partial charge is 0.406 e. The number of alkyl halides is 3. The minimum Gasteiger partial charge on any atom is -0.406 e. The van der Waals surface area contributed by atoms with Crippen molar-refractivity contribution >= 4 is 5.91 Å². The van der Waals surface area contributed by atoms with E-state index in [2.05, 4.69) is 10.1 Å². The van der Waals surface area contributed by atoms with Crippen LogP contribution in [0.2, 0.25) is 0 Å². The molecule has 1 aromatic carbocycles. The Labute approximate surface area is 115 Å². The molecule has 0 bridgehead atoms. The van der Waals surface area contributed by atoms with E-state index in [4.69, 9.17) is 5.73 Å². The molecule has 0 radical (unpaired) electrons. The van der Waals surface area contributed by atoms with Crippen LogP contribution in [0.4, 0.5) is 13.2 Å². The molecule has 3 N–H and O–H groups in total. The third-order valence-corrected chi connectivity index (χ3v) is 2.48.